The van der Waals surface area contributed by atoms with Crippen molar-refractivity contribution in [3.05, 3.63) is 68.0 Å². The number of ether oxygens (including phenoxy) is 1. The van der Waals surface area contributed by atoms with E-state index in [9.17, 15) is 0 Å². The first-order valence-corrected chi connectivity index (χ1v) is 12.8. The Morgan fingerprint density at radius 1 is 1.00 bits per heavy atom. The number of aromatic nitrogens is 2. The second kappa shape index (κ2) is 10.0. The summed E-state index contributed by atoms with van der Waals surface area (Å²) in [6.07, 6.45) is 5.26. The molecule has 5 heterocycles. The van der Waals surface area contributed by atoms with Crippen LogP contribution in [-0.4, -0.2) is 9.55 Å². The van der Waals surface area contributed by atoms with Crippen LogP contribution in [0.15, 0.2) is 52.1 Å². The van der Waals surface area contributed by atoms with E-state index in [0.717, 1.165) is 33.4 Å². The number of allylic oxidation sites excluding steroid dienone is 2. The fourth-order valence-electron chi connectivity index (χ4n) is 4.13. The van der Waals surface area contributed by atoms with E-state index in [1.54, 1.807) is 12.3 Å². The molecule has 0 aromatic carbocycles. The lowest BCUT2D eigenvalue weighted by Gasteiger charge is -2.15. The van der Waals surface area contributed by atoms with E-state index in [0.29, 0.717) is 27.8 Å². The standard InChI is InChI=1S/C27H16N6O2S2/c1-2-33-20(22-5-6-23(34-22)27-32-15-19(37-27)8-17(13-30)14-31)3-4-21(33)24-10-26-25(35-24)9-18(36-26)7-16(11-28)12-29/h3-9,15,24H,2,10H2,1H3. The van der Waals surface area contributed by atoms with Crippen molar-refractivity contribution in [2.75, 3.05) is 0 Å². The Hall–Kier alpha value is -4.87. The summed E-state index contributed by atoms with van der Waals surface area (Å²) in [5.74, 6) is 2.09. The van der Waals surface area contributed by atoms with Crippen LogP contribution in [0.4, 0.5) is 0 Å². The summed E-state index contributed by atoms with van der Waals surface area (Å²) in [7, 11) is 0. The van der Waals surface area contributed by atoms with Gasteiger partial charge in [0.15, 0.2) is 16.5 Å². The Bertz CT molecular complexity index is 1680. The van der Waals surface area contributed by atoms with Gasteiger partial charge >= 0.3 is 0 Å². The van der Waals surface area contributed by atoms with Crippen molar-refractivity contribution in [1.29, 1.82) is 21.0 Å². The number of nitrogens with zero attached hydrogens (tertiary/aromatic N) is 6. The Morgan fingerprint density at radius 3 is 2.38 bits per heavy atom. The van der Waals surface area contributed by atoms with Gasteiger partial charge in [-0.2, -0.15) is 21.0 Å². The molecule has 0 fully saturated rings. The van der Waals surface area contributed by atoms with Gasteiger partial charge in [-0.1, -0.05) is 0 Å². The third-order valence-corrected chi connectivity index (χ3v) is 7.78. The van der Waals surface area contributed by atoms with Gasteiger partial charge in [0.1, 0.15) is 47.3 Å². The summed E-state index contributed by atoms with van der Waals surface area (Å²) >= 11 is 2.87. The van der Waals surface area contributed by atoms with Gasteiger partial charge in [-0.05, 0) is 49.4 Å². The minimum Gasteiger partial charge on any atom is -0.483 e. The van der Waals surface area contributed by atoms with E-state index in [1.807, 2.05) is 54.6 Å². The first kappa shape index (κ1) is 23.9. The lowest BCUT2D eigenvalue weighted by atomic mass is 10.2. The third-order valence-electron chi connectivity index (χ3n) is 5.74. The highest BCUT2D eigenvalue weighted by Crippen LogP contribution is 2.44. The zero-order valence-electron chi connectivity index (χ0n) is 19.4. The molecule has 0 spiro atoms. The van der Waals surface area contributed by atoms with Crippen LogP contribution in [0.5, 0.6) is 5.75 Å². The molecule has 1 atom stereocenters. The summed E-state index contributed by atoms with van der Waals surface area (Å²) in [6, 6.07) is 17.2. The average Bonchev–Trinajstić information content (AvgIpc) is 3.72. The van der Waals surface area contributed by atoms with Gasteiger partial charge in [0.25, 0.3) is 0 Å². The highest BCUT2D eigenvalue weighted by Gasteiger charge is 2.30. The molecular formula is C27H16N6O2S2. The molecule has 0 amide bonds. The SMILES string of the molecule is CCn1c(-c2ccc(-c3ncc(C=C(C#N)C#N)s3)o2)ccc1C1Cc2sc(C=C(C#N)C#N)cc2O1. The molecule has 0 saturated heterocycles. The van der Waals surface area contributed by atoms with Crippen LogP contribution in [0.3, 0.4) is 0 Å². The molecule has 5 rings (SSSR count). The molecular weight excluding hydrogens is 504 g/mol. The third kappa shape index (κ3) is 4.56. The second-order valence-electron chi connectivity index (χ2n) is 7.93. The maximum atomic E-state index is 8.99. The Kier molecular flexibility index (Phi) is 6.45. The van der Waals surface area contributed by atoms with Crippen LogP contribution >= 0.6 is 22.7 Å². The monoisotopic (exact) mass is 520 g/mol. The first-order valence-electron chi connectivity index (χ1n) is 11.2. The van der Waals surface area contributed by atoms with Crippen molar-refractivity contribution in [3.63, 3.8) is 0 Å². The molecule has 0 aliphatic carbocycles. The summed E-state index contributed by atoms with van der Waals surface area (Å²) in [6.45, 7) is 2.79. The summed E-state index contributed by atoms with van der Waals surface area (Å²) < 4.78 is 14.6. The molecule has 4 aromatic heterocycles. The van der Waals surface area contributed by atoms with Gasteiger partial charge < -0.3 is 13.7 Å². The second-order valence-corrected chi connectivity index (χ2v) is 10.2. The molecule has 8 nitrogen and oxygen atoms in total. The molecule has 1 aliphatic rings. The number of thiazole rings is 1. The molecule has 0 saturated carbocycles. The number of hydrogen-bond acceptors (Lipinski definition) is 9. The molecule has 1 aliphatic heterocycles. The van der Waals surface area contributed by atoms with Gasteiger partial charge in [0, 0.05) is 28.9 Å². The van der Waals surface area contributed by atoms with Crippen molar-refractivity contribution in [2.24, 2.45) is 0 Å². The van der Waals surface area contributed by atoms with Crippen LogP contribution in [0, 0.1) is 45.3 Å². The topological polar surface area (TPSA) is 135 Å². The Balaban J connectivity index is 1.37. The molecule has 0 bridgehead atoms. The van der Waals surface area contributed by atoms with Crippen LogP contribution in [0.1, 0.15) is 33.4 Å². The number of thiophene rings is 1. The minimum atomic E-state index is -0.142. The predicted molar refractivity (Wildman–Crippen MR) is 139 cm³/mol. The molecule has 1 unspecified atom stereocenters. The fraction of sp³-hybridized carbons (Fsp3) is 0.148. The van der Waals surface area contributed by atoms with E-state index in [2.05, 4.69) is 16.5 Å². The Morgan fingerprint density at radius 2 is 1.70 bits per heavy atom. The molecule has 10 heteroatoms. The van der Waals surface area contributed by atoms with E-state index in [4.69, 9.17) is 30.2 Å². The quantitative estimate of drug-likeness (QED) is 0.265. The lowest BCUT2D eigenvalue weighted by Crippen LogP contribution is -2.11. The molecule has 0 radical (unpaired) electrons. The number of fused-ring (bicyclic) bond motifs is 1. The van der Waals surface area contributed by atoms with Crippen molar-refractivity contribution in [2.45, 2.75) is 26.0 Å². The number of furan rings is 1. The summed E-state index contributed by atoms with van der Waals surface area (Å²) in [4.78, 5) is 6.99. The smallest absolute Gasteiger partial charge is 0.163 e. The van der Waals surface area contributed by atoms with Crippen molar-refractivity contribution < 1.29 is 9.15 Å². The van der Waals surface area contributed by atoms with Gasteiger partial charge in [0.05, 0.1) is 16.3 Å². The number of nitriles is 4. The van der Waals surface area contributed by atoms with Crippen LogP contribution < -0.4 is 4.74 Å². The zero-order valence-corrected chi connectivity index (χ0v) is 21.1. The number of rotatable bonds is 6. The van der Waals surface area contributed by atoms with E-state index >= 15 is 0 Å². The van der Waals surface area contributed by atoms with Crippen LogP contribution in [0.2, 0.25) is 0 Å². The molecule has 0 N–H and O–H groups in total. The normalized spacial score (nSPS) is 13.4. The molecule has 37 heavy (non-hydrogen) atoms. The van der Waals surface area contributed by atoms with Crippen molar-refractivity contribution in [3.8, 4) is 52.2 Å². The first-order chi connectivity index (χ1) is 18.1. The number of hydrogen-bond donors (Lipinski definition) is 0. The van der Waals surface area contributed by atoms with E-state index in [1.165, 1.54) is 28.7 Å². The maximum Gasteiger partial charge on any atom is 0.163 e. The Labute approximate surface area is 220 Å². The van der Waals surface area contributed by atoms with Crippen LogP contribution in [-0.2, 0) is 13.0 Å². The highest BCUT2D eigenvalue weighted by molar-refractivity contribution is 7.15. The summed E-state index contributed by atoms with van der Waals surface area (Å²) in [5.41, 5.74) is 2.05. The summed E-state index contributed by atoms with van der Waals surface area (Å²) in [5, 5.41) is 36.6. The van der Waals surface area contributed by atoms with Crippen LogP contribution in [0.25, 0.3) is 34.4 Å². The molecule has 4 aromatic rings. The van der Waals surface area contributed by atoms with Gasteiger partial charge in [0.2, 0.25) is 0 Å². The van der Waals surface area contributed by atoms with Crippen molar-refractivity contribution >= 4 is 34.8 Å². The average molecular weight is 521 g/mol. The lowest BCUT2D eigenvalue weighted by molar-refractivity contribution is 0.228. The fourth-order valence-corrected chi connectivity index (χ4v) is 6.02. The molecule has 178 valence electrons. The van der Waals surface area contributed by atoms with Crippen molar-refractivity contribution in [1.82, 2.24) is 9.55 Å². The van der Waals surface area contributed by atoms with E-state index in [-0.39, 0.29) is 17.3 Å². The minimum absolute atomic E-state index is 0.0221. The highest BCUT2D eigenvalue weighted by atomic mass is 32.1. The van der Waals surface area contributed by atoms with Gasteiger partial charge in [-0.25, -0.2) is 4.98 Å². The zero-order chi connectivity index (χ0) is 25.9. The maximum absolute atomic E-state index is 8.99. The largest absolute Gasteiger partial charge is 0.483 e. The van der Waals surface area contributed by atoms with E-state index < -0.39 is 0 Å². The predicted octanol–water partition coefficient (Wildman–Crippen LogP) is 6.49. The van der Waals surface area contributed by atoms with Gasteiger partial charge in [-0.3, -0.25) is 0 Å². The van der Waals surface area contributed by atoms with Gasteiger partial charge in [-0.15, -0.1) is 22.7 Å².